The predicted octanol–water partition coefficient (Wildman–Crippen LogP) is 2.42. The quantitative estimate of drug-likeness (QED) is 0.926. The second kappa shape index (κ2) is 5.57. The number of amides is 1. The summed E-state index contributed by atoms with van der Waals surface area (Å²) in [6, 6.07) is 7.80. The minimum atomic E-state index is -0.556. The summed E-state index contributed by atoms with van der Waals surface area (Å²) in [5, 5.41) is 10.00. The minimum Gasteiger partial charge on any atom is -0.391 e. The molecule has 1 N–H and O–H groups in total. The first-order valence-corrected chi connectivity index (χ1v) is 7.34. The van der Waals surface area contributed by atoms with E-state index < -0.39 is 6.10 Å². The molecule has 1 aliphatic heterocycles. The molecule has 0 spiro atoms. The molecule has 1 fully saturated rings. The lowest BCUT2D eigenvalue weighted by molar-refractivity contribution is 0.0705. The first kappa shape index (κ1) is 14.8. The van der Waals surface area contributed by atoms with Crippen LogP contribution < -0.4 is 0 Å². The fourth-order valence-corrected chi connectivity index (χ4v) is 3.15. The van der Waals surface area contributed by atoms with Crippen molar-refractivity contribution in [1.29, 1.82) is 0 Å². The number of likely N-dealkylation sites (tertiary alicyclic amines) is 1. The average Bonchev–Trinajstić information content (AvgIpc) is 3.02. The fourth-order valence-electron chi connectivity index (χ4n) is 3.15. The molecule has 1 amide bonds. The highest BCUT2D eigenvalue weighted by molar-refractivity contribution is 5.94. The number of hydrogen-bond donors (Lipinski definition) is 1. The number of halogens is 1. The van der Waals surface area contributed by atoms with Crippen LogP contribution in [0.1, 0.15) is 34.1 Å². The molecule has 22 heavy (non-hydrogen) atoms. The standard InChI is InChI=1S/C17H19FN2O2/c1-11-7-8-19(2)16(11)17(22)20-10-14(21)9-15(20)12-3-5-13(18)6-4-12/h3-8,14-15,21H,9-10H2,1-2H3/t14-,15+/m0/s1. The van der Waals surface area contributed by atoms with E-state index in [1.165, 1.54) is 12.1 Å². The molecule has 5 heteroatoms. The van der Waals surface area contributed by atoms with Crippen LogP contribution in [-0.2, 0) is 7.05 Å². The fraction of sp³-hybridized carbons (Fsp3) is 0.353. The average molecular weight is 302 g/mol. The van der Waals surface area contributed by atoms with Gasteiger partial charge in [-0.3, -0.25) is 4.79 Å². The van der Waals surface area contributed by atoms with E-state index in [1.807, 2.05) is 26.2 Å². The highest BCUT2D eigenvalue weighted by Gasteiger charge is 2.36. The lowest BCUT2D eigenvalue weighted by Crippen LogP contribution is -2.33. The molecule has 0 saturated carbocycles. The zero-order chi connectivity index (χ0) is 15.9. The van der Waals surface area contributed by atoms with Crippen LogP contribution in [0.15, 0.2) is 36.5 Å². The molecule has 116 valence electrons. The van der Waals surface area contributed by atoms with Crippen molar-refractivity contribution in [2.75, 3.05) is 6.54 Å². The maximum Gasteiger partial charge on any atom is 0.271 e. The molecule has 0 radical (unpaired) electrons. The van der Waals surface area contributed by atoms with Crippen LogP contribution in [-0.4, -0.2) is 33.1 Å². The Morgan fingerprint density at radius 2 is 1.95 bits per heavy atom. The van der Waals surface area contributed by atoms with E-state index in [2.05, 4.69) is 0 Å². The Labute approximate surface area is 128 Å². The summed E-state index contributed by atoms with van der Waals surface area (Å²) in [7, 11) is 1.83. The first-order chi connectivity index (χ1) is 10.5. The molecule has 0 aliphatic carbocycles. The zero-order valence-electron chi connectivity index (χ0n) is 12.7. The topological polar surface area (TPSA) is 45.5 Å². The minimum absolute atomic E-state index is 0.101. The third kappa shape index (κ3) is 2.52. The SMILES string of the molecule is Cc1ccn(C)c1C(=O)N1C[C@@H](O)C[C@@H]1c1ccc(F)cc1. The normalized spacial score (nSPS) is 21.4. The smallest absolute Gasteiger partial charge is 0.271 e. The second-order valence-corrected chi connectivity index (χ2v) is 5.87. The van der Waals surface area contributed by atoms with Gasteiger partial charge in [0.1, 0.15) is 11.5 Å². The first-order valence-electron chi connectivity index (χ1n) is 7.34. The highest BCUT2D eigenvalue weighted by Crippen LogP contribution is 2.33. The number of aromatic nitrogens is 1. The Hall–Kier alpha value is -2.14. The van der Waals surface area contributed by atoms with Gasteiger partial charge in [0.05, 0.1) is 12.1 Å². The highest BCUT2D eigenvalue weighted by atomic mass is 19.1. The van der Waals surface area contributed by atoms with Gasteiger partial charge in [0.15, 0.2) is 0 Å². The lowest BCUT2D eigenvalue weighted by atomic mass is 10.0. The number of aliphatic hydroxyl groups is 1. The third-order valence-electron chi connectivity index (χ3n) is 4.27. The van der Waals surface area contributed by atoms with E-state index >= 15 is 0 Å². The van der Waals surface area contributed by atoms with Gasteiger partial charge in [0, 0.05) is 19.8 Å². The van der Waals surface area contributed by atoms with Crippen LogP contribution in [0, 0.1) is 12.7 Å². The second-order valence-electron chi connectivity index (χ2n) is 5.87. The number of aryl methyl sites for hydroxylation is 2. The maximum absolute atomic E-state index is 13.1. The molecular formula is C17H19FN2O2. The summed E-state index contributed by atoms with van der Waals surface area (Å²) in [6.45, 7) is 2.19. The van der Waals surface area contributed by atoms with Gasteiger partial charge in [-0.05, 0) is 42.7 Å². The summed E-state index contributed by atoms with van der Waals surface area (Å²) in [6.07, 6.45) is 1.77. The molecule has 4 nitrogen and oxygen atoms in total. The van der Waals surface area contributed by atoms with Crippen molar-refractivity contribution in [1.82, 2.24) is 9.47 Å². The van der Waals surface area contributed by atoms with Gasteiger partial charge >= 0.3 is 0 Å². The Balaban J connectivity index is 1.94. The number of carbonyl (C=O) groups is 1. The van der Waals surface area contributed by atoms with Crippen molar-refractivity contribution in [3.05, 3.63) is 59.2 Å². The Morgan fingerprint density at radius 3 is 2.55 bits per heavy atom. The molecule has 0 unspecified atom stereocenters. The third-order valence-corrected chi connectivity index (χ3v) is 4.27. The van der Waals surface area contributed by atoms with Crippen LogP contribution in [0.2, 0.25) is 0 Å². The van der Waals surface area contributed by atoms with Crippen molar-refractivity contribution in [3.8, 4) is 0 Å². The molecule has 2 aromatic rings. The summed E-state index contributed by atoms with van der Waals surface area (Å²) < 4.78 is 14.9. The number of hydrogen-bond acceptors (Lipinski definition) is 2. The van der Waals surface area contributed by atoms with E-state index in [4.69, 9.17) is 0 Å². The molecule has 1 aromatic carbocycles. The van der Waals surface area contributed by atoms with E-state index in [0.29, 0.717) is 18.7 Å². The van der Waals surface area contributed by atoms with Crippen LogP contribution in [0.5, 0.6) is 0 Å². The molecule has 0 bridgehead atoms. The van der Waals surface area contributed by atoms with E-state index in [1.54, 1.807) is 21.6 Å². The van der Waals surface area contributed by atoms with E-state index in [9.17, 15) is 14.3 Å². The number of aliphatic hydroxyl groups excluding tert-OH is 1. The van der Waals surface area contributed by atoms with Gasteiger partial charge in [0.2, 0.25) is 0 Å². The zero-order valence-corrected chi connectivity index (χ0v) is 12.7. The van der Waals surface area contributed by atoms with Crippen molar-refractivity contribution in [2.45, 2.75) is 25.5 Å². The van der Waals surface area contributed by atoms with Crippen molar-refractivity contribution in [2.24, 2.45) is 7.05 Å². The Morgan fingerprint density at radius 1 is 1.27 bits per heavy atom. The molecule has 3 rings (SSSR count). The van der Waals surface area contributed by atoms with Gasteiger partial charge in [-0.1, -0.05) is 12.1 Å². The number of nitrogens with zero attached hydrogens (tertiary/aromatic N) is 2. The maximum atomic E-state index is 13.1. The summed E-state index contributed by atoms with van der Waals surface area (Å²) in [5.74, 6) is -0.408. The van der Waals surface area contributed by atoms with Gasteiger partial charge < -0.3 is 14.6 Å². The number of carbonyl (C=O) groups excluding carboxylic acids is 1. The lowest BCUT2D eigenvalue weighted by Gasteiger charge is -2.25. The summed E-state index contributed by atoms with van der Waals surface area (Å²) >= 11 is 0. The van der Waals surface area contributed by atoms with Crippen molar-refractivity contribution >= 4 is 5.91 Å². The van der Waals surface area contributed by atoms with Crippen molar-refractivity contribution in [3.63, 3.8) is 0 Å². The monoisotopic (exact) mass is 302 g/mol. The number of benzene rings is 1. The Kier molecular flexibility index (Phi) is 3.74. The van der Waals surface area contributed by atoms with E-state index in [0.717, 1.165) is 11.1 Å². The molecule has 1 aromatic heterocycles. The van der Waals surface area contributed by atoms with Crippen molar-refractivity contribution < 1.29 is 14.3 Å². The number of rotatable bonds is 2. The van der Waals surface area contributed by atoms with Crippen LogP contribution >= 0.6 is 0 Å². The van der Waals surface area contributed by atoms with Crippen LogP contribution in [0.3, 0.4) is 0 Å². The van der Waals surface area contributed by atoms with Crippen LogP contribution in [0.25, 0.3) is 0 Å². The van der Waals surface area contributed by atoms with E-state index in [-0.39, 0.29) is 17.8 Å². The van der Waals surface area contributed by atoms with Gasteiger partial charge in [-0.15, -0.1) is 0 Å². The predicted molar refractivity (Wildman–Crippen MR) is 81.0 cm³/mol. The molecule has 1 saturated heterocycles. The number of β-amino-alcohol motifs (C(OH)–C–C–N with tert-alkyl or cyclic N) is 1. The Bertz CT molecular complexity index is 674. The van der Waals surface area contributed by atoms with Crippen LogP contribution in [0.4, 0.5) is 4.39 Å². The molecule has 1 aliphatic rings. The van der Waals surface area contributed by atoms with Gasteiger partial charge in [0.25, 0.3) is 5.91 Å². The van der Waals surface area contributed by atoms with Gasteiger partial charge in [-0.2, -0.15) is 0 Å². The molecule has 2 atom stereocenters. The summed E-state index contributed by atoms with van der Waals surface area (Å²) in [5.41, 5.74) is 2.38. The summed E-state index contributed by atoms with van der Waals surface area (Å²) in [4.78, 5) is 14.5. The van der Waals surface area contributed by atoms with Gasteiger partial charge in [-0.25, -0.2) is 4.39 Å². The largest absolute Gasteiger partial charge is 0.391 e. The molecule has 2 heterocycles. The molecular weight excluding hydrogens is 283 g/mol.